The second-order valence-corrected chi connectivity index (χ2v) is 5.95. The summed E-state index contributed by atoms with van der Waals surface area (Å²) in [5.74, 6) is -0.168. The molecule has 154 valence electrons. The third kappa shape index (κ3) is 5.13. The van der Waals surface area contributed by atoms with Crippen molar-refractivity contribution >= 4 is 17.9 Å². The van der Waals surface area contributed by atoms with E-state index in [4.69, 9.17) is 9.47 Å². The molecule has 30 heavy (non-hydrogen) atoms. The number of hydrogen-bond donors (Lipinski definition) is 1. The van der Waals surface area contributed by atoms with Crippen LogP contribution in [0, 0.1) is 0 Å². The summed E-state index contributed by atoms with van der Waals surface area (Å²) in [6, 6.07) is 12.8. The summed E-state index contributed by atoms with van der Waals surface area (Å²) in [5.41, 5.74) is 2.19. The van der Waals surface area contributed by atoms with Crippen LogP contribution < -0.4 is 14.9 Å². The van der Waals surface area contributed by atoms with Crippen LogP contribution in [0.5, 0.6) is 11.5 Å². The molecule has 0 radical (unpaired) electrons. The highest BCUT2D eigenvalue weighted by molar-refractivity contribution is 5.91. The molecule has 2 aromatic carbocycles. The van der Waals surface area contributed by atoms with Crippen molar-refractivity contribution in [3.05, 3.63) is 83.7 Å². The Hall–Kier alpha value is -3.88. The number of carbonyl (C=O) groups is 1. The van der Waals surface area contributed by atoms with E-state index in [0.29, 0.717) is 5.56 Å². The minimum absolute atomic E-state index is 0.171. The lowest BCUT2D eigenvalue weighted by molar-refractivity contribution is -0.136. The smallest absolute Gasteiger partial charge is 0.418 e. The van der Waals surface area contributed by atoms with Gasteiger partial charge in [-0.1, -0.05) is 12.1 Å². The Kier molecular flexibility index (Phi) is 6.31. The normalized spacial score (nSPS) is 11.3. The number of aromatic nitrogens is 1. The van der Waals surface area contributed by atoms with Crippen LogP contribution in [-0.2, 0) is 6.18 Å². The van der Waals surface area contributed by atoms with Crippen LogP contribution in [0.15, 0.2) is 72.1 Å². The molecule has 9 heteroatoms. The number of esters is 1. The van der Waals surface area contributed by atoms with E-state index in [-0.39, 0.29) is 22.7 Å². The van der Waals surface area contributed by atoms with Gasteiger partial charge < -0.3 is 9.47 Å². The molecule has 6 nitrogen and oxygen atoms in total. The monoisotopic (exact) mass is 415 g/mol. The Morgan fingerprint density at radius 1 is 1.10 bits per heavy atom. The van der Waals surface area contributed by atoms with E-state index in [0.717, 1.165) is 6.07 Å². The van der Waals surface area contributed by atoms with Crippen molar-refractivity contribution in [3.8, 4) is 11.5 Å². The van der Waals surface area contributed by atoms with E-state index in [9.17, 15) is 18.0 Å². The molecule has 0 spiro atoms. The summed E-state index contributed by atoms with van der Waals surface area (Å²) in [5, 5.41) is 3.85. The summed E-state index contributed by atoms with van der Waals surface area (Å²) in [4.78, 5) is 16.0. The van der Waals surface area contributed by atoms with Gasteiger partial charge in [-0.3, -0.25) is 10.4 Å². The molecule has 0 aliphatic heterocycles. The number of carbonyl (C=O) groups excluding carboxylic acids is 1. The largest absolute Gasteiger partial charge is 0.493 e. The minimum atomic E-state index is -4.50. The highest BCUT2D eigenvalue weighted by atomic mass is 19.4. The molecule has 0 atom stereocenters. The van der Waals surface area contributed by atoms with Crippen molar-refractivity contribution in [3.63, 3.8) is 0 Å². The van der Waals surface area contributed by atoms with Gasteiger partial charge in [0, 0.05) is 12.4 Å². The number of alkyl halides is 3. The number of hydrogen-bond acceptors (Lipinski definition) is 6. The second kappa shape index (κ2) is 9.08. The van der Waals surface area contributed by atoms with Gasteiger partial charge in [0.25, 0.3) is 0 Å². The van der Waals surface area contributed by atoms with Crippen LogP contribution in [-0.4, -0.2) is 24.3 Å². The summed E-state index contributed by atoms with van der Waals surface area (Å²) >= 11 is 0. The maximum Gasteiger partial charge on any atom is 0.418 e. The second-order valence-electron chi connectivity index (χ2n) is 5.95. The quantitative estimate of drug-likeness (QED) is 0.272. The Morgan fingerprint density at radius 2 is 1.90 bits per heavy atom. The van der Waals surface area contributed by atoms with Gasteiger partial charge in [-0.15, -0.1) is 0 Å². The number of ether oxygens (including phenoxy) is 2. The number of halogens is 3. The van der Waals surface area contributed by atoms with Crippen molar-refractivity contribution in [1.82, 2.24) is 4.98 Å². The maximum atomic E-state index is 13.0. The van der Waals surface area contributed by atoms with Crippen LogP contribution in [0.4, 0.5) is 18.9 Å². The molecule has 0 fully saturated rings. The number of pyridine rings is 1. The van der Waals surface area contributed by atoms with Gasteiger partial charge in [0.2, 0.25) is 0 Å². The summed E-state index contributed by atoms with van der Waals surface area (Å²) in [6.07, 6.45) is -0.266. The van der Waals surface area contributed by atoms with E-state index >= 15 is 0 Å². The molecule has 3 rings (SSSR count). The van der Waals surface area contributed by atoms with E-state index in [1.165, 1.54) is 56.0 Å². The Balaban J connectivity index is 1.73. The molecule has 0 aliphatic carbocycles. The number of benzene rings is 2. The molecule has 0 saturated carbocycles. The van der Waals surface area contributed by atoms with Crippen molar-refractivity contribution in [2.45, 2.75) is 6.18 Å². The lowest BCUT2D eigenvalue weighted by Crippen LogP contribution is -2.09. The lowest BCUT2D eigenvalue weighted by Gasteiger charge is -2.11. The van der Waals surface area contributed by atoms with Gasteiger partial charge in [0.15, 0.2) is 11.5 Å². The van der Waals surface area contributed by atoms with E-state index in [2.05, 4.69) is 15.5 Å². The number of methoxy groups -OCH3 is 1. The van der Waals surface area contributed by atoms with E-state index in [1.54, 1.807) is 18.2 Å². The van der Waals surface area contributed by atoms with Crippen LogP contribution in [0.1, 0.15) is 21.5 Å². The van der Waals surface area contributed by atoms with E-state index in [1.807, 2.05) is 0 Å². The third-order valence-electron chi connectivity index (χ3n) is 3.92. The number of rotatable bonds is 6. The molecule has 0 bridgehead atoms. The molecule has 1 heterocycles. The number of hydrazone groups is 1. The van der Waals surface area contributed by atoms with Crippen molar-refractivity contribution < 1.29 is 27.4 Å². The zero-order valence-corrected chi connectivity index (χ0v) is 15.7. The van der Waals surface area contributed by atoms with Crippen LogP contribution >= 0.6 is 0 Å². The molecular weight excluding hydrogens is 399 g/mol. The first kappa shape index (κ1) is 20.8. The van der Waals surface area contributed by atoms with Gasteiger partial charge in [0.1, 0.15) is 0 Å². The predicted molar refractivity (Wildman–Crippen MR) is 105 cm³/mol. The Labute approximate surface area is 170 Å². The van der Waals surface area contributed by atoms with Gasteiger partial charge in [0.05, 0.1) is 30.1 Å². The maximum absolute atomic E-state index is 13.0. The van der Waals surface area contributed by atoms with Crippen LogP contribution in [0.2, 0.25) is 0 Å². The number of anilines is 1. The highest BCUT2D eigenvalue weighted by Gasteiger charge is 2.33. The van der Waals surface area contributed by atoms with Crippen LogP contribution in [0.3, 0.4) is 0 Å². The van der Waals surface area contributed by atoms with Gasteiger partial charge in [-0.2, -0.15) is 18.3 Å². The molecule has 0 amide bonds. The first-order chi connectivity index (χ1) is 14.4. The minimum Gasteiger partial charge on any atom is -0.493 e. The molecule has 1 aromatic heterocycles. The lowest BCUT2D eigenvalue weighted by atomic mass is 10.2. The molecule has 3 aromatic rings. The van der Waals surface area contributed by atoms with Crippen LogP contribution in [0.25, 0.3) is 0 Å². The number of nitrogens with zero attached hydrogens (tertiary/aromatic N) is 2. The van der Waals surface area contributed by atoms with Gasteiger partial charge in [-0.05, 0) is 48.0 Å². The van der Waals surface area contributed by atoms with Crippen molar-refractivity contribution in [2.24, 2.45) is 5.10 Å². The Morgan fingerprint density at radius 3 is 2.60 bits per heavy atom. The molecule has 0 unspecified atom stereocenters. The van der Waals surface area contributed by atoms with Crippen molar-refractivity contribution in [1.29, 1.82) is 0 Å². The average Bonchev–Trinajstić information content (AvgIpc) is 2.75. The molecule has 0 saturated heterocycles. The summed E-state index contributed by atoms with van der Waals surface area (Å²) in [6.45, 7) is 0. The SMILES string of the molecule is COc1cc(C=NNc2ccccc2C(F)(F)F)ccc1OC(=O)c1cccnc1. The summed E-state index contributed by atoms with van der Waals surface area (Å²) < 4.78 is 49.6. The Bertz CT molecular complexity index is 1050. The first-order valence-electron chi connectivity index (χ1n) is 8.64. The standard InChI is InChI=1S/C21H16F3N3O3/c1-29-19-11-14(8-9-18(19)30-20(28)15-5-4-10-25-13-15)12-26-27-17-7-3-2-6-16(17)21(22,23)24/h2-13,27H,1H3. The number of nitrogens with one attached hydrogen (secondary N) is 1. The molecular formula is C21H16F3N3O3. The number of para-hydroxylation sites is 1. The first-order valence-corrected chi connectivity index (χ1v) is 8.64. The fourth-order valence-electron chi connectivity index (χ4n) is 2.50. The zero-order chi connectivity index (χ0) is 21.6. The highest BCUT2D eigenvalue weighted by Crippen LogP contribution is 2.34. The average molecular weight is 415 g/mol. The fraction of sp³-hybridized carbons (Fsp3) is 0.0952. The summed E-state index contributed by atoms with van der Waals surface area (Å²) in [7, 11) is 1.40. The molecule has 1 N–H and O–H groups in total. The topological polar surface area (TPSA) is 72.8 Å². The van der Waals surface area contributed by atoms with Crippen molar-refractivity contribution in [2.75, 3.05) is 12.5 Å². The predicted octanol–water partition coefficient (Wildman–Crippen LogP) is 4.77. The fourth-order valence-corrected chi connectivity index (χ4v) is 2.50. The molecule has 0 aliphatic rings. The third-order valence-corrected chi connectivity index (χ3v) is 3.92. The van der Waals surface area contributed by atoms with E-state index < -0.39 is 17.7 Å². The van der Waals surface area contributed by atoms with Gasteiger partial charge in [-0.25, -0.2) is 4.79 Å². The van der Waals surface area contributed by atoms with Gasteiger partial charge >= 0.3 is 12.1 Å². The zero-order valence-electron chi connectivity index (χ0n) is 15.7.